The molecule has 0 aromatic heterocycles. The van der Waals surface area contributed by atoms with Gasteiger partial charge >= 0.3 is 0 Å². The molecule has 0 saturated heterocycles. The van der Waals surface area contributed by atoms with Gasteiger partial charge in [-0.05, 0) is 42.7 Å². The Morgan fingerprint density at radius 3 is 2.52 bits per heavy atom. The lowest BCUT2D eigenvalue weighted by Crippen LogP contribution is -2.15. The van der Waals surface area contributed by atoms with E-state index in [9.17, 15) is 8.42 Å². The summed E-state index contributed by atoms with van der Waals surface area (Å²) < 4.78 is 27.6. The van der Waals surface area contributed by atoms with Gasteiger partial charge in [-0.2, -0.15) is 0 Å². The average molecular weight is 304 g/mol. The maximum absolute atomic E-state index is 12.5. The minimum absolute atomic E-state index is 0.205. The Morgan fingerprint density at radius 1 is 1.14 bits per heavy atom. The number of aryl methyl sites for hydroxylation is 1. The maximum Gasteiger partial charge on any atom is 0.261 e. The number of hydrogen-bond donors (Lipinski definition) is 2. The summed E-state index contributed by atoms with van der Waals surface area (Å²) in [6.07, 6.45) is 0.762. The number of sulfonamides is 1. The van der Waals surface area contributed by atoms with Gasteiger partial charge in [-0.3, -0.25) is 4.72 Å². The molecule has 21 heavy (non-hydrogen) atoms. The van der Waals surface area contributed by atoms with Crippen molar-refractivity contribution in [2.75, 3.05) is 4.72 Å². The fourth-order valence-corrected chi connectivity index (χ4v) is 3.25. The molecule has 0 aliphatic carbocycles. The molecule has 1 atom stereocenters. The number of rotatable bonds is 5. The number of benzene rings is 2. The van der Waals surface area contributed by atoms with Gasteiger partial charge in [-0.15, -0.1) is 0 Å². The van der Waals surface area contributed by atoms with E-state index in [0.29, 0.717) is 5.69 Å². The normalized spacial score (nSPS) is 12.9. The highest BCUT2D eigenvalue weighted by Gasteiger charge is 2.16. The Morgan fingerprint density at radius 2 is 1.86 bits per heavy atom. The molecule has 2 aromatic carbocycles. The van der Waals surface area contributed by atoms with Crippen LogP contribution in [0.2, 0.25) is 0 Å². The number of anilines is 1. The van der Waals surface area contributed by atoms with Crippen molar-refractivity contribution in [1.82, 2.24) is 0 Å². The first kappa shape index (κ1) is 15.5. The molecule has 5 heteroatoms. The average Bonchev–Trinajstić information content (AvgIpc) is 2.47. The topological polar surface area (TPSA) is 72.2 Å². The van der Waals surface area contributed by atoms with Gasteiger partial charge in [-0.1, -0.05) is 37.3 Å². The summed E-state index contributed by atoms with van der Waals surface area (Å²) in [5.41, 5.74) is 8.18. The van der Waals surface area contributed by atoms with Gasteiger partial charge in [0.1, 0.15) is 0 Å². The van der Waals surface area contributed by atoms with Gasteiger partial charge in [0.25, 0.3) is 10.0 Å². The molecular weight excluding hydrogens is 284 g/mol. The molecule has 0 bridgehead atoms. The van der Waals surface area contributed by atoms with Gasteiger partial charge in [0.05, 0.1) is 10.6 Å². The van der Waals surface area contributed by atoms with E-state index in [1.165, 1.54) is 0 Å². The minimum Gasteiger partial charge on any atom is -0.324 e. The zero-order valence-electron chi connectivity index (χ0n) is 12.2. The summed E-state index contributed by atoms with van der Waals surface area (Å²) in [5, 5.41) is 0. The monoisotopic (exact) mass is 304 g/mol. The predicted molar refractivity (Wildman–Crippen MR) is 85.7 cm³/mol. The molecule has 0 fully saturated rings. The van der Waals surface area contributed by atoms with Gasteiger partial charge < -0.3 is 5.73 Å². The van der Waals surface area contributed by atoms with Crippen LogP contribution >= 0.6 is 0 Å². The van der Waals surface area contributed by atoms with Crippen molar-refractivity contribution in [2.24, 2.45) is 5.73 Å². The predicted octanol–water partition coefficient (Wildman–Crippen LogP) is 3.07. The van der Waals surface area contributed by atoms with Gasteiger partial charge in [0.15, 0.2) is 0 Å². The van der Waals surface area contributed by atoms with E-state index in [4.69, 9.17) is 5.73 Å². The van der Waals surface area contributed by atoms with Crippen LogP contribution in [0.25, 0.3) is 0 Å². The van der Waals surface area contributed by atoms with Crippen LogP contribution in [-0.2, 0) is 16.4 Å². The van der Waals surface area contributed by atoms with Crippen LogP contribution in [0.4, 0.5) is 5.69 Å². The SMILES string of the molecule is CCc1ccccc1NS(=O)(=O)c1cccc(C(C)N)c1. The third-order valence-corrected chi connectivity index (χ3v) is 4.70. The number of nitrogens with two attached hydrogens (primary N) is 1. The van der Waals surface area contributed by atoms with Crippen molar-refractivity contribution in [1.29, 1.82) is 0 Å². The molecule has 2 rings (SSSR count). The van der Waals surface area contributed by atoms with Crippen LogP contribution in [0.5, 0.6) is 0 Å². The molecule has 4 nitrogen and oxygen atoms in total. The van der Waals surface area contributed by atoms with Crippen molar-refractivity contribution >= 4 is 15.7 Å². The first-order chi connectivity index (χ1) is 9.94. The first-order valence-electron chi connectivity index (χ1n) is 6.90. The standard InChI is InChI=1S/C16H20N2O2S/c1-3-13-7-4-5-10-16(13)18-21(19,20)15-9-6-8-14(11-15)12(2)17/h4-12,18H,3,17H2,1-2H3. The number of nitrogens with one attached hydrogen (secondary N) is 1. The van der Waals surface area contributed by atoms with Crippen molar-refractivity contribution in [3.63, 3.8) is 0 Å². The zero-order valence-corrected chi connectivity index (χ0v) is 13.0. The lowest BCUT2D eigenvalue weighted by Gasteiger charge is -2.13. The summed E-state index contributed by atoms with van der Waals surface area (Å²) in [5.74, 6) is 0. The second-order valence-electron chi connectivity index (χ2n) is 4.98. The molecule has 2 aromatic rings. The first-order valence-corrected chi connectivity index (χ1v) is 8.38. The molecule has 112 valence electrons. The van der Waals surface area contributed by atoms with Crippen LogP contribution in [0.1, 0.15) is 31.0 Å². The molecule has 0 spiro atoms. The molecule has 0 amide bonds. The van der Waals surface area contributed by atoms with Crippen LogP contribution in [0.3, 0.4) is 0 Å². The molecule has 0 heterocycles. The summed E-state index contributed by atoms with van der Waals surface area (Å²) >= 11 is 0. The second-order valence-corrected chi connectivity index (χ2v) is 6.66. The summed E-state index contributed by atoms with van der Waals surface area (Å²) in [6, 6.07) is 13.9. The smallest absolute Gasteiger partial charge is 0.261 e. The maximum atomic E-state index is 12.5. The van der Waals surface area contributed by atoms with E-state index < -0.39 is 10.0 Å². The van der Waals surface area contributed by atoms with Gasteiger partial charge in [0, 0.05) is 6.04 Å². The number of hydrogen-bond acceptors (Lipinski definition) is 3. The molecule has 0 saturated carbocycles. The second kappa shape index (κ2) is 6.28. The minimum atomic E-state index is -3.61. The van der Waals surface area contributed by atoms with Crippen LogP contribution in [-0.4, -0.2) is 8.42 Å². The van der Waals surface area contributed by atoms with E-state index in [0.717, 1.165) is 17.5 Å². The largest absolute Gasteiger partial charge is 0.324 e. The van der Waals surface area contributed by atoms with Gasteiger partial charge in [0.2, 0.25) is 0 Å². The molecule has 0 radical (unpaired) electrons. The highest BCUT2D eigenvalue weighted by atomic mass is 32.2. The number of para-hydroxylation sites is 1. The lowest BCUT2D eigenvalue weighted by atomic mass is 10.1. The fraction of sp³-hybridized carbons (Fsp3) is 0.250. The lowest BCUT2D eigenvalue weighted by molar-refractivity contribution is 0.601. The summed E-state index contributed by atoms with van der Waals surface area (Å²) in [4.78, 5) is 0.225. The van der Waals surface area contributed by atoms with Gasteiger partial charge in [-0.25, -0.2) is 8.42 Å². The molecular formula is C16H20N2O2S. The summed E-state index contributed by atoms with van der Waals surface area (Å²) in [7, 11) is -3.61. The Labute approximate surface area is 126 Å². The van der Waals surface area contributed by atoms with Crippen molar-refractivity contribution in [3.8, 4) is 0 Å². The van der Waals surface area contributed by atoms with Crippen LogP contribution in [0, 0.1) is 0 Å². The zero-order chi connectivity index (χ0) is 15.5. The third kappa shape index (κ3) is 3.62. The highest BCUT2D eigenvalue weighted by molar-refractivity contribution is 7.92. The highest BCUT2D eigenvalue weighted by Crippen LogP contribution is 2.22. The van der Waals surface area contributed by atoms with E-state index in [-0.39, 0.29) is 10.9 Å². The molecule has 1 unspecified atom stereocenters. The molecule has 3 N–H and O–H groups in total. The Hall–Kier alpha value is -1.85. The molecule has 0 aliphatic heterocycles. The van der Waals surface area contributed by atoms with E-state index in [1.54, 1.807) is 24.3 Å². The Balaban J connectivity index is 2.36. The van der Waals surface area contributed by atoms with E-state index in [1.807, 2.05) is 38.1 Å². The molecule has 0 aliphatic rings. The van der Waals surface area contributed by atoms with Crippen molar-refractivity contribution in [3.05, 3.63) is 59.7 Å². The van der Waals surface area contributed by atoms with Crippen LogP contribution in [0.15, 0.2) is 53.4 Å². The van der Waals surface area contributed by atoms with E-state index in [2.05, 4.69) is 4.72 Å². The summed E-state index contributed by atoms with van der Waals surface area (Å²) in [6.45, 7) is 3.81. The van der Waals surface area contributed by atoms with Crippen molar-refractivity contribution < 1.29 is 8.42 Å². The Kier molecular flexibility index (Phi) is 4.65. The van der Waals surface area contributed by atoms with Crippen LogP contribution < -0.4 is 10.5 Å². The van der Waals surface area contributed by atoms with Crippen molar-refractivity contribution in [2.45, 2.75) is 31.2 Å². The Bertz CT molecular complexity index is 725. The van der Waals surface area contributed by atoms with E-state index >= 15 is 0 Å². The third-order valence-electron chi connectivity index (χ3n) is 3.34. The quantitative estimate of drug-likeness (QED) is 0.891. The fourth-order valence-electron chi connectivity index (χ4n) is 2.10.